The fourth-order valence-electron chi connectivity index (χ4n) is 4.06. The zero-order valence-electron chi connectivity index (χ0n) is 16.5. The highest BCUT2D eigenvalue weighted by Gasteiger charge is 2.31. The van der Waals surface area contributed by atoms with Gasteiger partial charge in [0, 0.05) is 37.2 Å². The van der Waals surface area contributed by atoms with Gasteiger partial charge in [-0.3, -0.25) is 0 Å². The van der Waals surface area contributed by atoms with Crippen molar-refractivity contribution in [3.05, 3.63) is 66.1 Å². The minimum absolute atomic E-state index is 0.0281. The Morgan fingerprint density at radius 1 is 1.13 bits per heavy atom. The SMILES string of the molecule is O=C(NCc1cccnc1-n1cccn1)N1CCCC1c1ccc2c(c1)OCCO2. The summed E-state index contributed by atoms with van der Waals surface area (Å²) in [5, 5.41) is 7.30. The summed E-state index contributed by atoms with van der Waals surface area (Å²) in [4.78, 5) is 19.3. The third kappa shape index (κ3) is 3.56. The van der Waals surface area contributed by atoms with E-state index in [4.69, 9.17) is 9.47 Å². The van der Waals surface area contributed by atoms with E-state index in [1.54, 1.807) is 17.1 Å². The zero-order chi connectivity index (χ0) is 20.3. The standard InChI is InChI=1S/C22H23N5O3/c28-22(24-15-17-4-1-8-23-21(17)27-11-3-9-25-27)26-10-2-5-18(26)16-6-7-19-20(14-16)30-13-12-29-19/h1,3-4,6-9,11,14,18H,2,5,10,12-13,15H2,(H,24,28). The summed E-state index contributed by atoms with van der Waals surface area (Å²) in [6, 6.07) is 11.6. The van der Waals surface area contributed by atoms with Gasteiger partial charge in [0.2, 0.25) is 0 Å². The van der Waals surface area contributed by atoms with E-state index in [2.05, 4.69) is 15.4 Å². The number of urea groups is 1. The maximum absolute atomic E-state index is 13.0. The molecule has 8 heteroatoms. The molecule has 2 aromatic heterocycles. The van der Waals surface area contributed by atoms with Gasteiger partial charge in [-0.15, -0.1) is 0 Å². The molecule has 0 aliphatic carbocycles. The average molecular weight is 405 g/mol. The molecular weight excluding hydrogens is 382 g/mol. The molecular formula is C22H23N5O3. The Labute approximate surface area is 174 Å². The fourth-order valence-corrected chi connectivity index (χ4v) is 4.06. The number of aromatic nitrogens is 3. The largest absolute Gasteiger partial charge is 0.486 e. The second kappa shape index (κ2) is 8.06. The Hall–Kier alpha value is -3.55. The Kier molecular flexibility index (Phi) is 4.96. The number of likely N-dealkylation sites (tertiary alicyclic amines) is 1. The lowest BCUT2D eigenvalue weighted by atomic mass is 10.0. The van der Waals surface area contributed by atoms with Crippen LogP contribution in [0.3, 0.4) is 0 Å². The van der Waals surface area contributed by atoms with Gasteiger partial charge in [-0.1, -0.05) is 12.1 Å². The number of nitrogens with zero attached hydrogens (tertiary/aromatic N) is 4. The first kappa shape index (κ1) is 18.5. The van der Waals surface area contributed by atoms with E-state index in [9.17, 15) is 4.79 Å². The van der Waals surface area contributed by atoms with Gasteiger partial charge in [0.15, 0.2) is 17.3 Å². The van der Waals surface area contributed by atoms with Gasteiger partial charge in [0.05, 0.1) is 6.04 Å². The predicted molar refractivity (Wildman–Crippen MR) is 110 cm³/mol. The fraction of sp³-hybridized carbons (Fsp3) is 0.318. The van der Waals surface area contributed by atoms with E-state index >= 15 is 0 Å². The second-order valence-electron chi connectivity index (χ2n) is 7.35. The van der Waals surface area contributed by atoms with Gasteiger partial charge in [0.1, 0.15) is 13.2 Å². The van der Waals surface area contributed by atoms with Gasteiger partial charge in [-0.05, 0) is 42.7 Å². The smallest absolute Gasteiger partial charge is 0.318 e. The monoisotopic (exact) mass is 405 g/mol. The molecule has 1 atom stereocenters. The molecule has 154 valence electrons. The molecule has 1 unspecified atom stereocenters. The number of pyridine rings is 1. The number of rotatable bonds is 4. The van der Waals surface area contributed by atoms with Crippen LogP contribution < -0.4 is 14.8 Å². The number of amides is 2. The van der Waals surface area contributed by atoms with E-state index in [0.717, 1.165) is 42.0 Å². The third-order valence-electron chi connectivity index (χ3n) is 5.48. The van der Waals surface area contributed by atoms with E-state index in [1.165, 1.54) is 0 Å². The lowest BCUT2D eigenvalue weighted by Gasteiger charge is -2.27. The molecule has 2 aliphatic heterocycles. The topological polar surface area (TPSA) is 81.5 Å². The predicted octanol–water partition coefficient (Wildman–Crippen LogP) is 3.09. The molecule has 2 aliphatic rings. The van der Waals surface area contributed by atoms with Gasteiger partial charge in [-0.25, -0.2) is 14.5 Å². The average Bonchev–Trinajstić information content (AvgIpc) is 3.50. The van der Waals surface area contributed by atoms with Crippen LogP contribution in [0.2, 0.25) is 0 Å². The van der Waals surface area contributed by atoms with E-state index < -0.39 is 0 Å². The molecule has 4 heterocycles. The van der Waals surface area contributed by atoms with Crippen molar-refractivity contribution in [1.29, 1.82) is 0 Å². The summed E-state index contributed by atoms with van der Waals surface area (Å²) in [7, 11) is 0. The number of nitrogens with one attached hydrogen (secondary N) is 1. The van der Waals surface area contributed by atoms with E-state index in [0.29, 0.717) is 25.6 Å². The normalized spacial score (nSPS) is 17.7. The quantitative estimate of drug-likeness (QED) is 0.721. The highest BCUT2D eigenvalue weighted by Crippen LogP contribution is 2.38. The van der Waals surface area contributed by atoms with Crippen molar-refractivity contribution >= 4 is 6.03 Å². The minimum atomic E-state index is -0.0809. The maximum atomic E-state index is 13.0. The van der Waals surface area contributed by atoms with Crippen molar-refractivity contribution < 1.29 is 14.3 Å². The first-order chi connectivity index (χ1) is 14.8. The molecule has 0 spiro atoms. The number of hydrogen-bond donors (Lipinski definition) is 1. The highest BCUT2D eigenvalue weighted by molar-refractivity contribution is 5.75. The summed E-state index contributed by atoms with van der Waals surface area (Å²) < 4.78 is 13.0. The molecule has 1 N–H and O–H groups in total. The van der Waals surface area contributed by atoms with Gasteiger partial charge in [0.25, 0.3) is 0 Å². The van der Waals surface area contributed by atoms with Crippen molar-refractivity contribution in [2.24, 2.45) is 0 Å². The lowest BCUT2D eigenvalue weighted by Crippen LogP contribution is -2.39. The third-order valence-corrected chi connectivity index (χ3v) is 5.48. The number of ether oxygens (including phenoxy) is 2. The molecule has 3 aromatic rings. The van der Waals surface area contributed by atoms with Crippen LogP contribution in [-0.4, -0.2) is 45.5 Å². The summed E-state index contributed by atoms with van der Waals surface area (Å²) >= 11 is 0. The number of carbonyl (C=O) groups is 1. The van der Waals surface area contributed by atoms with Crippen molar-refractivity contribution in [3.8, 4) is 17.3 Å². The molecule has 1 saturated heterocycles. The highest BCUT2D eigenvalue weighted by atomic mass is 16.6. The summed E-state index contributed by atoms with van der Waals surface area (Å²) in [5.41, 5.74) is 1.98. The Balaban J connectivity index is 1.30. The van der Waals surface area contributed by atoms with Gasteiger partial charge >= 0.3 is 6.03 Å². The summed E-state index contributed by atoms with van der Waals surface area (Å²) in [5.74, 6) is 2.24. The second-order valence-corrected chi connectivity index (χ2v) is 7.35. The van der Waals surface area contributed by atoms with Crippen molar-refractivity contribution in [1.82, 2.24) is 25.0 Å². The zero-order valence-corrected chi connectivity index (χ0v) is 16.5. The van der Waals surface area contributed by atoms with Crippen LogP contribution in [0.4, 0.5) is 4.79 Å². The molecule has 0 bridgehead atoms. The summed E-state index contributed by atoms with van der Waals surface area (Å²) in [6.07, 6.45) is 7.17. The lowest BCUT2D eigenvalue weighted by molar-refractivity contribution is 0.170. The molecule has 30 heavy (non-hydrogen) atoms. The van der Waals surface area contributed by atoms with Crippen LogP contribution in [0.15, 0.2) is 55.0 Å². The maximum Gasteiger partial charge on any atom is 0.318 e. The Bertz CT molecular complexity index is 1040. The van der Waals surface area contributed by atoms with Gasteiger partial charge < -0.3 is 19.7 Å². The molecule has 0 saturated carbocycles. The first-order valence-electron chi connectivity index (χ1n) is 10.2. The van der Waals surface area contributed by atoms with Crippen molar-refractivity contribution in [2.45, 2.75) is 25.4 Å². The number of carbonyl (C=O) groups excluding carboxylic acids is 1. The molecule has 0 radical (unpaired) electrons. The number of fused-ring (bicyclic) bond motifs is 1. The number of benzene rings is 1. The Morgan fingerprint density at radius 2 is 2.03 bits per heavy atom. The van der Waals surface area contributed by atoms with Crippen LogP contribution in [0.25, 0.3) is 5.82 Å². The van der Waals surface area contributed by atoms with Crippen LogP contribution in [0, 0.1) is 0 Å². The molecule has 5 rings (SSSR count). The Morgan fingerprint density at radius 3 is 2.90 bits per heavy atom. The van der Waals surface area contributed by atoms with Crippen LogP contribution in [0.5, 0.6) is 11.5 Å². The van der Waals surface area contributed by atoms with Crippen molar-refractivity contribution in [3.63, 3.8) is 0 Å². The van der Waals surface area contributed by atoms with E-state index in [-0.39, 0.29) is 12.1 Å². The first-order valence-corrected chi connectivity index (χ1v) is 10.2. The molecule has 1 fully saturated rings. The molecule has 8 nitrogen and oxygen atoms in total. The molecule has 1 aromatic carbocycles. The van der Waals surface area contributed by atoms with Gasteiger partial charge in [-0.2, -0.15) is 5.10 Å². The van der Waals surface area contributed by atoms with Crippen LogP contribution >= 0.6 is 0 Å². The minimum Gasteiger partial charge on any atom is -0.486 e. The molecule has 2 amide bonds. The summed E-state index contributed by atoms with van der Waals surface area (Å²) in [6.45, 7) is 2.23. The van der Waals surface area contributed by atoms with Crippen molar-refractivity contribution in [2.75, 3.05) is 19.8 Å². The van der Waals surface area contributed by atoms with E-state index in [1.807, 2.05) is 47.5 Å². The van der Waals surface area contributed by atoms with Crippen LogP contribution in [-0.2, 0) is 6.54 Å². The number of hydrogen-bond acceptors (Lipinski definition) is 5. The van der Waals surface area contributed by atoms with Crippen LogP contribution in [0.1, 0.15) is 30.0 Å².